The van der Waals surface area contributed by atoms with E-state index in [4.69, 9.17) is 0 Å². The molecule has 0 bridgehead atoms. The summed E-state index contributed by atoms with van der Waals surface area (Å²) in [6.45, 7) is 15.2. The molecule has 0 saturated carbocycles. The van der Waals surface area contributed by atoms with E-state index in [1.807, 2.05) is 4.90 Å². The van der Waals surface area contributed by atoms with Crippen molar-refractivity contribution >= 4 is 11.8 Å². The highest BCUT2D eigenvalue weighted by Crippen LogP contribution is 2.25. The van der Waals surface area contributed by atoms with E-state index in [0.29, 0.717) is 19.0 Å². The van der Waals surface area contributed by atoms with Crippen molar-refractivity contribution in [3.63, 3.8) is 0 Å². The monoisotopic (exact) mass is 404 g/mol. The van der Waals surface area contributed by atoms with Crippen molar-refractivity contribution < 1.29 is 19.8 Å². The Hall–Kier alpha value is -1.92. The first-order chi connectivity index (χ1) is 13.6. The number of hydrogen-bond acceptors (Lipinski definition) is 2. The summed E-state index contributed by atoms with van der Waals surface area (Å²) in [5.74, 6) is 0.698. The van der Waals surface area contributed by atoms with Gasteiger partial charge in [-0.2, -0.15) is 0 Å². The molecule has 0 radical (unpaired) electrons. The lowest BCUT2D eigenvalue weighted by Crippen LogP contribution is -3.16. The lowest BCUT2D eigenvalue weighted by Gasteiger charge is -2.32. The first-order valence-electron chi connectivity index (χ1n) is 10.9. The van der Waals surface area contributed by atoms with Crippen LogP contribution in [-0.4, -0.2) is 63.0 Å². The molecule has 2 amide bonds. The SMILES string of the molecule is CNC(=O)C[NH+]1CCN(C(=O)C[NH2+][C@H](c2ccc(C(C)(C)C)cc2)C(C)C)CC1. The molecule has 0 aromatic heterocycles. The van der Waals surface area contributed by atoms with Crippen LogP contribution in [0.1, 0.15) is 51.8 Å². The first-order valence-corrected chi connectivity index (χ1v) is 10.9. The van der Waals surface area contributed by atoms with E-state index in [0.717, 1.165) is 26.2 Å². The van der Waals surface area contributed by atoms with Gasteiger partial charge in [-0.25, -0.2) is 0 Å². The van der Waals surface area contributed by atoms with Crippen molar-refractivity contribution in [1.29, 1.82) is 0 Å². The number of carbonyl (C=O) groups excluding carboxylic acids is 2. The average molecular weight is 405 g/mol. The van der Waals surface area contributed by atoms with Gasteiger partial charge in [0.1, 0.15) is 6.04 Å². The summed E-state index contributed by atoms with van der Waals surface area (Å²) in [5, 5.41) is 4.85. The Labute approximate surface area is 176 Å². The molecule has 1 heterocycles. The Morgan fingerprint density at radius 1 is 1.14 bits per heavy atom. The van der Waals surface area contributed by atoms with E-state index in [9.17, 15) is 9.59 Å². The molecule has 1 saturated heterocycles. The van der Waals surface area contributed by atoms with Crippen molar-refractivity contribution in [2.24, 2.45) is 5.92 Å². The number of amides is 2. The largest absolute Gasteiger partial charge is 0.354 e. The molecule has 6 nitrogen and oxygen atoms in total. The van der Waals surface area contributed by atoms with Gasteiger partial charge in [0.2, 0.25) is 0 Å². The Morgan fingerprint density at radius 3 is 2.21 bits per heavy atom. The topological polar surface area (TPSA) is 70.5 Å². The van der Waals surface area contributed by atoms with Gasteiger partial charge < -0.3 is 20.4 Å². The van der Waals surface area contributed by atoms with Crippen LogP contribution in [-0.2, 0) is 15.0 Å². The van der Waals surface area contributed by atoms with Gasteiger partial charge in [0.05, 0.1) is 26.2 Å². The molecule has 0 unspecified atom stereocenters. The van der Waals surface area contributed by atoms with Gasteiger partial charge in [-0.1, -0.05) is 58.9 Å². The molecule has 0 aliphatic carbocycles. The Bertz CT molecular complexity index is 671. The normalized spacial score (nSPS) is 16.7. The fourth-order valence-electron chi connectivity index (χ4n) is 3.92. The highest BCUT2D eigenvalue weighted by molar-refractivity contribution is 5.77. The van der Waals surface area contributed by atoms with Crippen molar-refractivity contribution in [3.05, 3.63) is 35.4 Å². The predicted molar refractivity (Wildman–Crippen MR) is 116 cm³/mol. The minimum Gasteiger partial charge on any atom is -0.354 e. The Balaban J connectivity index is 1.89. The third-order valence-corrected chi connectivity index (χ3v) is 5.94. The average Bonchev–Trinajstić information content (AvgIpc) is 2.68. The molecule has 4 N–H and O–H groups in total. The third kappa shape index (κ3) is 6.82. The molecular weight excluding hydrogens is 364 g/mol. The minimum atomic E-state index is 0.0605. The van der Waals surface area contributed by atoms with Gasteiger partial charge in [-0.05, 0) is 11.0 Å². The highest BCUT2D eigenvalue weighted by atomic mass is 16.2. The number of quaternary nitrogens is 2. The van der Waals surface area contributed by atoms with Gasteiger partial charge in [-0.3, -0.25) is 9.59 Å². The van der Waals surface area contributed by atoms with Gasteiger partial charge in [-0.15, -0.1) is 0 Å². The minimum absolute atomic E-state index is 0.0605. The molecule has 1 fully saturated rings. The van der Waals surface area contributed by atoms with Crippen molar-refractivity contribution in [2.45, 2.75) is 46.1 Å². The molecule has 1 aromatic carbocycles. The number of benzene rings is 1. The number of nitrogens with one attached hydrogen (secondary N) is 2. The number of likely N-dealkylation sites (N-methyl/N-ethyl adjacent to an activating group) is 1. The smallest absolute Gasteiger partial charge is 0.278 e. The molecular formula is C23H40N4O2+2. The maximum absolute atomic E-state index is 12.7. The molecule has 1 aromatic rings. The standard InChI is InChI=1S/C23H38N4O2/c1-17(2)22(18-7-9-19(10-8-18)23(3,4)5)25-15-21(29)27-13-11-26(12-14-27)16-20(28)24-6/h7-10,17,22,25H,11-16H2,1-6H3,(H,24,28)/p+2/t22-/m0/s1. The van der Waals surface area contributed by atoms with Crippen LogP contribution in [0, 0.1) is 5.92 Å². The number of rotatable bonds is 7. The third-order valence-electron chi connectivity index (χ3n) is 5.94. The molecule has 2 rings (SSSR count). The van der Waals surface area contributed by atoms with E-state index in [1.165, 1.54) is 16.0 Å². The van der Waals surface area contributed by atoms with Crippen LogP contribution in [0.5, 0.6) is 0 Å². The lowest BCUT2D eigenvalue weighted by molar-refractivity contribution is -0.896. The van der Waals surface area contributed by atoms with Crippen LogP contribution in [0.3, 0.4) is 0 Å². The van der Waals surface area contributed by atoms with Crippen LogP contribution < -0.4 is 15.5 Å². The fraction of sp³-hybridized carbons (Fsp3) is 0.652. The quantitative estimate of drug-likeness (QED) is 0.585. The summed E-state index contributed by atoms with van der Waals surface area (Å²) in [6.07, 6.45) is 0. The fourth-order valence-corrected chi connectivity index (χ4v) is 3.92. The van der Waals surface area contributed by atoms with E-state index in [2.05, 4.69) is 69.5 Å². The maximum atomic E-state index is 12.7. The molecule has 1 atom stereocenters. The zero-order valence-corrected chi connectivity index (χ0v) is 19.0. The zero-order valence-electron chi connectivity index (χ0n) is 19.0. The van der Waals surface area contributed by atoms with Crippen LogP contribution in [0.4, 0.5) is 0 Å². The summed E-state index contributed by atoms with van der Waals surface area (Å²) >= 11 is 0. The predicted octanol–water partition coefficient (Wildman–Crippen LogP) is -0.282. The number of piperazine rings is 1. The van der Waals surface area contributed by atoms with Crippen molar-refractivity contribution in [2.75, 3.05) is 46.3 Å². The van der Waals surface area contributed by atoms with E-state index < -0.39 is 0 Å². The maximum Gasteiger partial charge on any atom is 0.278 e. The number of nitrogens with zero attached hydrogens (tertiary/aromatic N) is 1. The van der Waals surface area contributed by atoms with Gasteiger partial charge in [0.25, 0.3) is 11.8 Å². The second-order valence-corrected chi connectivity index (χ2v) is 9.56. The molecule has 0 spiro atoms. The summed E-state index contributed by atoms with van der Waals surface area (Å²) < 4.78 is 0. The molecule has 6 heteroatoms. The molecule has 1 aliphatic heterocycles. The summed E-state index contributed by atoms with van der Waals surface area (Å²) in [7, 11) is 1.67. The van der Waals surface area contributed by atoms with Crippen LogP contribution in [0.25, 0.3) is 0 Å². The molecule has 162 valence electrons. The lowest BCUT2D eigenvalue weighted by atomic mass is 9.85. The van der Waals surface area contributed by atoms with Crippen LogP contribution >= 0.6 is 0 Å². The van der Waals surface area contributed by atoms with Crippen LogP contribution in [0.15, 0.2) is 24.3 Å². The first kappa shape index (κ1) is 23.4. The van der Waals surface area contributed by atoms with Crippen molar-refractivity contribution in [1.82, 2.24) is 10.2 Å². The zero-order chi connectivity index (χ0) is 21.6. The molecule has 29 heavy (non-hydrogen) atoms. The van der Waals surface area contributed by atoms with E-state index >= 15 is 0 Å². The number of carbonyl (C=O) groups is 2. The summed E-state index contributed by atoms with van der Waals surface area (Å²) in [6, 6.07) is 9.14. The Morgan fingerprint density at radius 2 is 1.72 bits per heavy atom. The van der Waals surface area contributed by atoms with Gasteiger partial charge in [0.15, 0.2) is 13.1 Å². The summed E-state index contributed by atoms with van der Waals surface area (Å²) in [5.41, 5.74) is 2.76. The second kappa shape index (κ2) is 10.2. The molecule has 1 aliphatic rings. The second-order valence-electron chi connectivity index (χ2n) is 9.56. The van der Waals surface area contributed by atoms with Crippen LogP contribution in [0.2, 0.25) is 0 Å². The van der Waals surface area contributed by atoms with Gasteiger partial charge >= 0.3 is 0 Å². The van der Waals surface area contributed by atoms with E-state index in [1.54, 1.807) is 7.05 Å². The van der Waals surface area contributed by atoms with E-state index in [-0.39, 0.29) is 23.3 Å². The number of hydrogen-bond donors (Lipinski definition) is 3. The Kier molecular flexibility index (Phi) is 8.23. The number of nitrogens with two attached hydrogens (primary N) is 1. The van der Waals surface area contributed by atoms with Crippen molar-refractivity contribution in [3.8, 4) is 0 Å². The highest BCUT2D eigenvalue weighted by Gasteiger charge is 2.27. The van der Waals surface area contributed by atoms with Gasteiger partial charge in [0, 0.05) is 18.5 Å². The summed E-state index contributed by atoms with van der Waals surface area (Å²) in [4.78, 5) is 27.5.